The van der Waals surface area contributed by atoms with Gasteiger partial charge in [-0.25, -0.2) is 0 Å². The lowest BCUT2D eigenvalue weighted by Crippen LogP contribution is -2.12. The van der Waals surface area contributed by atoms with E-state index in [-0.39, 0.29) is 12.2 Å². The Morgan fingerprint density at radius 2 is 1.94 bits per heavy atom. The molecule has 0 spiro atoms. The van der Waals surface area contributed by atoms with E-state index in [1.54, 1.807) is 24.8 Å². The van der Waals surface area contributed by atoms with Crippen molar-refractivity contribution in [2.75, 3.05) is 6.26 Å². The Hall–Kier alpha value is -1.55. The molecule has 0 radical (unpaired) electrons. The summed E-state index contributed by atoms with van der Waals surface area (Å²) in [7, 11) is 0. The number of thioether (sulfide) groups is 1. The van der Waals surface area contributed by atoms with Crippen LogP contribution in [0.3, 0.4) is 0 Å². The topological polar surface area (TPSA) is 54.4 Å². The molecule has 0 saturated heterocycles. The molecule has 0 bridgehead atoms. The number of hydrogen-bond donors (Lipinski definition) is 1. The highest BCUT2D eigenvalue weighted by molar-refractivity contribution is 7.98. The van der Waals surface area contributed by atoms with Crippen molar-refractivity contribution in [1.29, 1.82) is 0 Å². The third kappa shape index (κ3) is 4.75. The van der Waals surface area contributed by atoms with Crippen molar-refractivity contribution >= 4 is 29.6 Å². The number of hydrogen-bond acceptors (Lipinski definition) is 3. The average molecular weight is 264 g/mol. The monoisotopic (exact) mass is 264 g/mol. The quantitative estimate of drug-likeness (QED) is 0.633. The van der Waals surface area contributed by atoms with Crippen LogP contribution in [-0.2, 0) is 9.59 Å². The van der Waals surface area contributed by atoms with Crippen LogP contribution in [0.15, 0.2) is 35.2 Å². The van der Waals surface area contributed by atoms with Crippen LogP contribution in [0.2, 0.25) is 0 Å². The third-order valence-electron chi connectivity index (χ3n) is 2.52. The van der Waals surface area contributed by atoms with Gasteiger partial charge in [0.05, 0.1) is 6.42 Å². The largest absolute Gasteiger partial charge is 0.481 e. The van der Waals surface area contributed by atoms with E-state index in [2.05, 4.69) is 0 Å². The van der Waals surface area contributed by atoms with Crippen molar-refractivity contribution in [3.63, 3.8) is 0 Å². The zero-order valence-electron chi connectivity index (χ0n) is 10.4. The van der Waals surface area contributed by atoms with Crippen LogP contribution in [0, 0.1) is 5.92 Å². The molecular weight excluding hydrogens is 248 g/mol. The molecule has 1 unspecified atom stereocenters. The smallest absolute Gasteiger partial charge is 0.304 e. The summed E-state index contributed by atoms with van der Waals surface area (Å²) >= 11 is 1.66. The minimum absolute atomic E-state index is 0.130. The van der Waals surface area contributed by atoms with Gasteiger partial charge in [-0.2, -0.15) is 0 Å². The molecule has 0 aliphatic rings. The highest BCUT2D eigenvalue weighted by Gasteiger charge is 2.13. The zero-order chi connectivity index (χ0) is 13.5. The highest BCUT2D eigenvalue weighted by Crippen LogP contribution is 2.15. The molecule has 1 atom stereocenters. The molecule has 1 rings (SSSR count). The van der Waals surface area contributed by atoms with Crippen LogP contribution >= 0.6 is 11.8 Å². The predicted molar refractivity (Wildman–Crippen MR) is 73.7 cm³/mol. The van der Waals surface area contributed by atoms with Gasteiger partial charge in [-0.1, -0.05) is 25.1 Å². The average Bonchev–Trinajstić information content (AvgIpc) is 2.35. The molecule has 0 fully saturated rings. The number of carboxylic acid groups (broad SMARTS) is 1. The Morgan fingerprint density at radius 1 is 1.33 bits per heavy atom. The lowest BCUT2D eigenvalue weighted by Gasteiger charge is -2.03. The van der Waals surface area contributed by atoms with Gasteiger partial charge >= 0.3 is 5.97 Å². The van der Waals surface area contributed by atoms with Gasteiger partial charge in [0.1, 0.15) is 0 Å². The van der Waals surface area contributed by atoms with Gasteiger partial charge in [0.25, 0.3) is 0 Å². The first-order chi connectivity index (χ1) is 8.52. The van der Waals surface area contributed by atoms with Crippen LogP contribution in [-0.4, -0.2) is 23.1 Å². The van der Waals surface area contributed by atoms with Gasteiger partial charge in [0, 0.05) is 10.8 Å². The van der Waals surface area contributed by atoms with E-state index in [0.717, 1.165) is 10.5 Å². The number of benzene rings is 1. The molecule has 0 aliphatic carbocycles. The zero-order valence-corrected chi connectivity index (χ0v) is 11.2. The van der Waals surface area contributed by atoms with Gasteiger partial charge in [0.15, 0.2) is 5.78 Å². The molecule has 1 aromatic rings. The molecule has 0 saturated carbocycles. The molecule has 0 heterocycles. The third-order valence-corrected chi connectivity index (χ3v) is 3.27. The second kappa shape index (κ2) is 7.01. The van der Waals surface area contributed by atoms with E-state index < -0.39 is 11.9 Å². The highest BCUT2D eigenvalue weighted by atomic mass is 32.2. The normalized spacial score (nSPS) is 12.6. The van der Waals surface area contributed by atoms with Gasteiger partial charge in [-0.3, -0.25) is 9.59 Å². The summed E-state index contributed by atoms with van der Waals surface area (Å²) in [4.78, 5) is 23.3. The Kier molecular flexibility index (Phi) is 5.65. The summed E-state index contributed by atoms with van der Waals surface area (Å²) < 4.78 is 0. The summed E-state index contributed by atoms with van der Waals surface area (Å²) in [6.07, 6.45) is 5.03. The maximum Gasteiger partial charge on any atom is 0.304 e. The van der Waals surface area contributed by atoms with E-state index >= 15 is 0 Å². The maximum absolute atomic E-state index is 11.6. The number of allylic oxidation sites excluding steroid dienone is 1. The molecule has 0 amide bonds. The fraction of sp³-hybridized carbons (Fsp3) is 0.286. The lowest BCUT2D eigenvalue weighted by molar-refractivity contribution is -0.139. The summed E-state index contributed by atoms with van der Waals surface area (Å²) in [5.41, 5.74) is 0.934. The van der Waals surface area contributed by atoms with Crippen molar-refractivity contribution < 1.29 is 14.7 Å². The minimum Gasteiger partial charge on any atom is -0.481 e. The van der Waals surface area contributed by atoms with Crippen molar-refractivity contribution in [3.05, 3.63) is 35.9 Å². The van der Waals surface area contributed by atoms with E-state index in [4.69, 9.17) is 5.11 Å². The number of carboxylic acids is 1. The minimum atomic E-state index is -0.950. The summed E-state index contributed by atoms with van der Waals surface area (Å²) in [6.45, 7) is 1.62. The first-order valence-electron chi connectivity index (χ1n) is 5.60. The number of rotatable bonds is 6. The molecule has 96 valence electrons. The molecule has 0 aromatic heterocycles. The van der Waals surface area contributed by atoms with Crippen molar-refractivity contribution in [2.24, 2.45) is 5.92 Å². The molecular formula is C14H16O3S. The summed E-state index contributed by atoms with van der Waals surface area (Å²) in [6, 6.07) is 7.82. The molecule has 18 heavy (non-hydrogen) atoms. The Bertz CT molecular complexity index is 449. The van der Waals surface area contributed by atoms with Crippen LogP contribution < -0.4 is 0 Å². The van der Waals surface area contributed by atoms with E-state index in [9.17, 15) is 9.59 Å². The van der Waals surface area contributed by atoms with Crippen molar-refractivity contribution in [2.45, 2.75) is 18.2 Å². The van der Waals surface area contributed by atoms with E-state index in [1.165, 1.54) is 6.08 Å². The molecule has 0 aliphatic heterocycles. The molecule has 4 heteroatoms. The lowest BCUT2D eigenvalue weighted by atomic mass is 10.0. The number of aliphatic carboxylic acids is 1. The fourth-order valence-corrected chi connectivity index (χ4v) is 1.83. The van der Waals surface area contributed by atoms with Gasteiger partial charge in [0.2, 0.25) is 0 Å². The first kappa shape index (κ1) is 14.5. The van der Waals surface area contributed by atoms with E-state index in [1.807, 2.05) is 30.5 Å². The van der Waals surface area contributed by atoms with Crippen LogP contribution in [0.5, 0.6) is 0 Å². The SMILES string of the molecule is CSc1ccc(/C=C/C(=O)C(C)CC(=O)O)cc1. The first-order valence-corrected chi connectivity index (χ1v) is 6.83. The molecule has 1 N–H and O–H groups in total. The number of carbonyl (C=O) groups excluding carboxylic acids is 1. The van der Waals surface area contributed by atoms with Crippen molar-refractivity contribution in [1.82, 2.24) is 0 Å². The molecule has 1 aromatic carbocycles. The number of ketones is 1. The Labute approximate surface area is 111 Å². The Morgan fingerprint density at radius 3 is 2.44 bits per heavy atom. The van der Waals surface area contributed by atoms with Gasteiger partial charge in [-0.05, 0) is 30.0 Å². The van der Waals surface area contributed by atoms with Crippen LogP contribution in [0.25, 0.3) is 6.08 Å². The predicted octanol–water partition coefficient (Wildman–Crippen LogP) is 3.10. The standard InChI is InChI=1S/C14H16O3S/c1-10(9-14(16)17)13(15)8-5-11-3-6-12(18-2)7-4-11/h3-8,10H,9H2,1-2H3,(H,16,17)/b8-5+. The van der Waals surface area contributed by atoms with E-state index in [0.29, 0.717) is 0 Å². The van der Waals surface area contributed by atoms with Gasteiger partial charge < -0.3 is 5.11 Å². The van der Waals surface area contributed by atoms with Crippen LogP contribution in [0.1, 0.15) is 18.9 Å². The van der Waals surface area contributed by atoms with Crippen molar-refractivity contribution in [3.8, 4) is 0 Å². The van der Waals surface area contributed by atoms with Crippen LogP contribution in [0.4, 0.5) is 0 Å². The summed E-state index contributed by atoms with van der Waals surface area (Å²) in [5, 5.41) is 8.60. The second-order valence-corrected chi connectivity index (χ2v) is 4.89. The van der Waals surface area contributed by atoms with Gasteiger partial charge in [-0.15, -0.1) is 11.8 Å². The number of carbonyl (C=O) groups is 2. The second-order valence-electron chi connectivity index (χ2n) is 4.01. The maximum atomic E-state index is 11.6. The Balaban J connectivity index is 2.62. The fourth-order valence-electron chi connectivity index (χ4n) is 1.42. The summed E-state index contributed by atoms with van der Waals surface area (Å²) in [5.74, 6) is -1.59. The molecule has 3 nitrogen and oxygen atoms in total.